The Morgan fingerprint density at radius 3 is 2.36 bits per heavy atom. The van der Waals surface area contributed by atoms with E-state index in [9.17, 15) is 5.11 Å². The molecule has 1 aliphatic heterocycles. The fraction of sp³-hybridized carbons (Fsp3) is 1.00. The van der Waals surface area contributed by atoms with Gasteiger partial charge in [-0.05, 0) is 45.1 Å². The Kier molecular flexibility index (Phi) is 4.39. The molecule has 2 heteroatoms. The predicted molar refractivity (Wildman–Crippen MR) is 60.3 cm³/mol. The molecule has 14 heavy (non-hydrogen) atoms. The smallest absolute Gasteiger partial charge is 0.0460 e. The van der Waals surface area contributed by atoms with E-state index in [0.29, 0.717) is 30.5 Å². The van der Waals surface area contributed by atoms with Gasteiger partial charge in [0.2, 0.25) is 0 Å². The van der Waals surface area contributed by atoms with Gasteiger partial charge in [0.05, 0.1) is 0 Å². The maximum Gasteiger partial charge on any atom is 0.0460 e. The summed E-state index contributed by atoms with van der Waals surface area (Å²) >= 11 is 0. The van der Waals surface area contributed by atoms with Crippen molar-refractivity contribution >= 4 is 0 Å². The number of hydrogen-bond donors (Lipinski definition) is 1. The average Bonchev–Trinajstić information content (AvgIpc) is 2.16. The summed E-state index contributed by atoms with van der Waals surface area (Å²) in [5.41, 5.74) is 0. The first-order chi connectivity index (χ1) is 6.56. The van der Waals surface area contributed by atoms with Crippen LogP contribution >= 0.6 is 0 Å². The molecule has 0 saturated carbocycles. The van der Waals surface area contributed by atoms with E-state index in [1.807, 2.05) is 0 Å². The molecule has 1 heterocycles. The first-order valence-corrected chi connectivity index (χ1v) is 5.92. The number of aliphatic hydroxyl groups excluding tert-OH is 1. The highest BCUT2D eigenvalue weighted by Crippen LogP contribution is 2.28. The molecule has 2 unspecified atom stereocenters. The van der Waals surface area contributed by atoms with Crippen LogP contribution in [0.2, 0.25) is 0 Å². The highest BCUT2D eigenvalue weighted by Gasteiger charge is 2.31. The van der Waals surface area contributed by atoms with E-state index in [1.165, 1.54) is 6.42 Å². The SMILES string of the molecule is CC(C)C1CC(CO)CCN1C(C)C. The molecule has 1 rings (SSSR count). The molecule has 0 spiro atoms. The largest absolute Gasteiger partial charge is 0.396 e. The third kappa shape index (κ3) is 2.71. The van der Waals surface area contributed by atoms with Crippen molar-refractivity contribution in [2.45, 2.75) is 52.6 Å². The summed E-state index contributed by atoms with van der Waals surface area (Å²) in [5, 5.41) is 9.20. The van der Waals surface area contributed by atoms with Gasteiger partial charge in [-0.3, -0.25) is 4.90 Å². The first kappa shape index (κ1) is 12.0. The van der Waals surface area contributed by atoms with E-state index in [2.05, 4.69) is 32.6 Å². The summed E-state index contributed by atoms with van der Waals surface area (Å²) in [5.74, 6) is 1.24. The topological polar surface area (TPSA) is 23.5 Å². The maximum absolute atomic E-state index is 9.20. The van der Waals surface area contributed by atoms with Crippen molar-refractivity contribution in [1.82, 2.24) is 4.90 Å². The zero-order valence-electron chi connectivity index (χ0n) is 10.0. The van der Waals surface area contributed by atoms with Crippen LogP contribution in [-0.2, 0) is 0 Å². The number of piperidine rings is 1. The Bertz CT molecular complexity index is 168. The van der Waals surface area contributed by atoms with Crippen molar-refractivity contribution in [2.24, 2.45) is 11.8 Å². The second-order valence-corrected chi connectivity index (χ2v) is 5.22. The van der Waals surface area contributed by atoms with Crippen LogP contribution in [0.15, 0.2) is 0 Å². The molecule has 0 aliphatic carbocycles. The number of rotatable bonds is 3. The lowest BCUT2D eigenvalue weighted by Crippen LogP contribution is -2.49. The van der Waals surface area contributed by atoms with Gasteiger partial charge in [-0.15, -0.1) is 0 Å². The Hall–Kier alpha value is -0.0800. The minimum absolute atomic E-state index is 0.370. The Labute approximate surface area is 88.3 Å². The predicted octanol–water partition coefficient (Wildman–Crippen LogP) is 2.12. The molecule has 84 valence electrons. The number of hydrogen-bond acceptors (Lipinski definition) is 2. The van der Waals surface area contributed by atoms with Gasteiger partial charge in [-0.2, -0.15) is 0 Å². The van der Waals surface area contributed by atoms with E-state index in [0.717, 1.165) is 13.0 Å². The quantitative estimate of drug-likeness (QED) is 0.752. The molecule has 0 bridgehead atoms. The van der Waals surface area contributed by atoms with Crippen molar-refractivity contribution in [3.05, 3.63) is 0 Å². The van der Waals surface area contributed by atoms with Crippen LogP contribution in [0.4, 0.5) is 0 Å². The van der Waals surface area contributed by atoms with Crippen molar-refractivity contribution in [2.75, 3.05) is 13.2 Å². The molecule has 2 nitrogen and oxygen atoms in total. The Morgan fingerprint density at radius 2 is 1.93 bits per heavy atom. The Morgan fingerprint density at radius 1 is 1.29 bits per heavy atom. The fourth-order valence-corrected chi connectivity index (χ4v) is 2.55. The van der Waals surface area contributed by atoms with Crippen LogP contribution in [0.3, 0.4) is 0 Å². The molecule has 1 aliphatic rings. The van der Waals surface area contributed by atoms with Gasteiger partial charge < -0.3 is 5.11 Å². The number of aliphatic hydroxyl groups is 1. The van der Waals surface area contributed by atoms with Crippen LogP contribution in [0.1, 0.15) is 40.5 Å². The van der Waals surface area contributed by atoms with Crippen molar-refractivity contribution in [3.63, 3.8) is 0 Å². The van der Waals surface area contributed by atoms with Crippen molar-refractivity contribution in [3.8, 4) is 0 Å². The first-order valence-electron chi connectivity index (χ1n) is 5.92. The number of nitrogens with zero attached hydrogens (tertiary/aromatic N) is 1. The molecule has 1 saturated heterocycles. The van der Waals surface area contributed by atoms with Crippen LogP contribution in [-0.4, -0.2) is 35.2 Å². The maximum atomic E-state index is 9.20. The summed E-state index contributed by atoms with van der Waals surface area (Å²) in [6.07, 6.45) is 2.34. The van der Waals surface area contributed by atoms with Gasteiger partial charge in [0.1, 0.15) is 0 Å². The molecular weight excluding hydrogens is 174 g/mol. The normalized spacial score (nSPS) is 30.2. The minimum Gasteiger partial charge on any atom is -0.396 e. The molecule has 0 aromatic heterocycles. The summed E-state index contributed by atoms with van der Waals surface area (Å²) in [4.78, 5) is 2.59. The summed E-state index contributed by atoms with van der Waals surface area (Å²) < 4.78 is 0. The molecule has 0 amide bonds. The van der Waals surface area contributed by atoms with Crippen LogP contribution in [0.5, 0.6) is 0 Å². The van der Waals surface area contributed by atoms with Crippen LogP contribution in [0, 0.1) is 11.8 Å². The molecule has 2 atom stereocenters. The third-order valence-corrected chi connectivity index (χ3v) is 3.49. The van der Waals surface area contributed by atoms with Gasteiger partial charge in [0.15, 0.2) is 0 Å². The van der Waals surface area contributed by atoms with Crippen molar-refractivity contribution in [1.29, 1.82) is 0 Å². The van der Waals surface area contributed by atoms with Crippen LogP contribution < -0.4 is 0 Å². The summed E-state index contributed by atoms with van der Waals surface area (Å²) in [7, 11) is 0. The highest BCUT2D eigenvalue weighted by atomic mass is 16.3. The van der Waals surface area contributed by atoms with Crippen LogP contribution in [0.25, 0.3) is 0 Å². The lowest BCUT2D eigenvalue weighted by atomic mass is 9.85. The number of likely N-dealkylation sites (tertiary alicyclic amines) is 1. The van der Waals surface area contributed by atoms with Gasteiger partial charge in [-0.25, -0.2) is 0 Å². The molecule has 1 fully saturated rings. The standard InChI is InChI=1S/C12H25NO/c1-9(2)12-7-11(8-14)5-6-13(12)10(3)4/h9-12,14H,5-8H2,1-4H3. The summed E-state index contributed by atoms with van der Waals surface area (Å²) in [6.45, 7) is 10.7. The second-order valence-electron chi connectivity index (χ2n) is 5.22. The highest BCUT2D eigenvalue weighted by molar-refractivity contribution is 4.85. The van der Waals surface area contributed by atoms with E-state index in [4.69, 9.17) is 0 Å². The minimum atomic E-state index is 0.370. The summed E-state index contributed by atoms with van der Waals surface area (Å²) in [6, 6.07) is 1.31. The van der Waals surface area contributed by atoms with Crippen molar-refractivity contribution < 1.29 is 5.11 Å². The van der Waals surface area contributed by atoms with Gasteiger partial charge in [0, 0.05) is 18.7 Å². The lowest BCUT2D eigenvalue weighted by Gasteiger charge is -2.43. The zero-order valence-corrected chi connectivity index (χ0v) is 10.0. The van der Waals surface area contributed by atoms with E-state index in [-0.39, 0.29) is 0 Å². The second kappa shape index (κ2) is 5.13. The molecule has 0 aromatic carbocycles. The average molecular weight is 199 g/mol. The van der Waals surface area contributed by atoms with E-state index >= 15 is 0 Å². The van der Waals surface area contributed by atoms with E-state index < -0.39 is 0 Å². The fourth-order valence-electron chi connectivity index (χ4n) is 2.55. The molecule has 0 aromatic rings. The molecular formula is C12H25NO. The van der Waals surface area contributed by atoms with Gasteiger partial charge in [-0.1, -0.05) is 13.8 Å². The van der Waals surface area contributed by atoms with E-state index in [1.54, 1.807) is 0 Å². The Balaban J connectivity index is 2.60. The molecule has 0 radical (unpaired) electrons. The zero-order chi connectivity index (χ0) is 10.7. The third-order valence-electron chi connectivity index (χ3n) is 3.49. The molecule has 1 N–H and O–H groups in total. The lowest BCUT2D eigenvalue weighted by molar-refractivity contribution is 0.0357. The van der Waals surface area contributed by atoms with Gasteiger partial charge in [0.25, 0.3) is 0 Å². The monoisotopic (exact) mass is 199 g/mol. The van der Waals surface area contributed by atoms with Gasteiger partial charge >= 0.3 is 0 Å².